The largest absolute Gasteiger partial charge is 0.481 e. The molecular formula is C27H25N9O7. The third-order valence-electron chi connectivity index (χ3n) is 5.88. The Bertz CT molecular complexity index is 1910. The highest BCUT2D eigenvalue weighted by Gasteiger charge is 2.21. The number of anilines is 2. The maximum Gasteiger partial charge on any atom is 0.345 e. The Labute approximate surface area is 241 Å². The summed E-state index contributed by atoms with van der Waals surface area (Å²) in [6, 6.07) is 12.4. The van der Waals surface area contributed by atoms with Crippen LogP contribution in [-0.4, -0.2) is 64.0 Å². The zero-order chi connectivity index (χ0) is 30.9. The number of benzene rings is 2. The number of rotatable bonds is 9. The second kappa shape index (κ2) is 13.4. The van der Waals surface area contributed by atoms with E-state index in [0.717, 1.165) is 10.9 Å². The van der Waals surface area contributed by atoms with Crippen molar-refractivity contribution in [2.45, 2.75) is 25.4 Å². The van der Waals surface area contributed by atoms with Gasteiger partial charge in [-0.3, -0.25) is 19.4 Å². The molecule has 3 heterocycles. The van der Waals surface area contributed by atoms with Crippen molar-refractivity contribution in [2.75, 3.05) is 11.1 Å². The van der Waals surface area contributed by atoms with Crippen molar-refractivity contribution >= 4 is 51.5 Å². The van der Waals surface area contributed by atoms with Crippen LogP contribution in [0.3, 0.4) is 0 Å². The van der Waals surface area contributed by atoms with E-state index in [4.69, 9.17) is 15.9 Å². The number of amides is 1. The number of aliphatic carboxylic acids is 2. The highest BCUT2D eigenvalue weighted by atomic mass is 16.4. The predicted molar refractivity (Wildman–Crippen MR) is 154 cm³/mol. The van der Waals surface area contributed by atoms with E-state index >= 15 is 0 Å². The van der Waals surface area contributed by atoms with E-state index < -0.39 is 29.4 Å². The van der Waals surface area contributed by atoms with Crippen LogP contribution in [0.2, 0.25) is 0 Å². The number of hydrogen-bond acceptors (Lipinski definition) is 11. The van der Waals surface area contributed by atoms with Gasteiger partial charge in [0, 0.05) is 29.3 Å². The quantitative estimate of drug-likeness (QED) is 0.126. The van der Waals surface area contributed by atoms with Gasteiger partial charge < -0.3 is 31.6 Å². The Hall–Kier alpha value is -6.19. The molecule has 1 amide bonds. The molecule has 0 radical (unpaired) electrons. The zero-order valence-corrected chi connectivity index (χ0v) is 22.3. The number of nitrogens with two attached hydrogens (primary N) is 1. The minimum Gasteiger partial charge on any atom is -0.481 e. The summed E-state index contributed by atoms with van der Waals surface area (Å²) < 4.78 is 0. The molecule has 0 saturated heterocycles. The van der Waals surface area contributed by atoms with Crippen LogP contribution >= 0.6 is 0 Å². The second-order valence-electron chi connectivity index (χ2n) is 8.99. The molecule has 0 spiro atoms. The molecule has 0 aliphatic heterocycles. The fraction of sp³-hybridized carbons (Fsp3) is 0.148. The molecule has 1 atom stereocenters. The first-order valence-electron chi connectivity index (χ1n) is 12.6. The number of hydrogen-bond donors (Lipinski definition) is 7. The van der Waals surface area contributed by atoms with E-state index in [-0.39, 0.29) is 47.8 Å². The highest BCUT2D eigenvalue weighted by molar-refractivity contribution is 5.97. The molecular weight excluding hydrogens is 562 g/mol. The number of carboxylic acid groups (broad SMARTS) is 2. The number of para-hydroxylation sites is 1. The van der Waals surface area contributed by atoms with E-state index in [0.29, 0.717) is 11.4 Å². The van der Waals surface area contributed by atoms with Gasteiger partial charge in [-0.05, 0) is 36.8 Å². The summed E-state index contributed by atoms with van der Waals surface area (Å²) >= 11 is 0. The first-order valence-corrected chi connectivity index (χ1v) is 12.6. The Morgan fingerprint density at radius 1 is 0.930 bits per heavy atom. The molecule has 0 saturated carbocycles. The molecule has 16 nitrogen and oxygen atoms in total. The number of fused-ring (bicyclic) bond motifs is 2. The minimum atomic E-state index is -1.31. The van der Waals surface area contributed by atoms with Gasteiger partial charge >= 0.3 is 17.6 Å². The van der Waals surface area contributed by atoms with E-state index in [1.54, 1.807) is 18.3 Å². The van der Waals surface area contributed by atoms with E-state index in [2.05, 4.69) is 40.5 Å². The molecule has 3 aromatic heterocycles. The molecule has 0 bridgehead atoms. The Kier molecular flexibility index (Phi) is 9.31. The smallest absolute Gasteiger partial charge is 0.345 e. The molecule has 1 unspecified atom stereocenters. The van der Waals surface area contributed by atoms with Gasteiger partial charge in [-0.2, -0.15) is 4.98 Å². The summed E-state index contributed by atoms with van der Waals surface area (Å²) in [4.78, 5) is 77.5. The number of H-pyrrole nitrogens is 2. The van der Waals surface area contributed by atoms with Crippen molar-refractivity contribution in [2.24, 2.45) is 0 Å². The van der Waals surface area contributed by atoms with Crippen LogP contribution in [-0.2, 0) is 16.1 Å². The number of aromatic amines is 2. The van der Waals surface area contributed by atoms with Crippen LogP contribution in [0.5, 0.6) is 0 Å². The maximum atomic E-state index is 12.3. The Morgan fingerprint density at radius 3 is 2.40 bits per heavy atom. The summed E-state index contributed by atoms with van der Waals surface area (Å²) in [5, 5.41) is 24.1. The molecule has 220 valence electrons. The summed E-state index contributed by atoms with van der Waals surface area (Å²) in [7, 11) is 0. The molecule has 5 aromatic rings. The van der Waals surface area contributed by atoms with Gasteiger partial charge in [0.15, 0.2) is 11.2 Å². The molecule has 5 rings (SSSR count). The van der Waals surface area contributed by atoms with Crippen molar-refractivity contribution < 1.29 is 24.6 Å². The monoisotopic (exact) mass is 587 g/mol. The fourth-order valence-electron chi connectivity index (χ4n) is 3.75. The van der Waals surface area contributed by atoms with Gasteiger partial charge in [0.2, 0.25) is 5.95 Å². The lowest BCUT2D eigenvalue weighted by molar-refractivity contribution is -0.140. The van der Waals surface area contributed by atoms with Crippen LogP contribution in [0, 0.1) is 0 Å². The van der Waals surface area contributed by atoms with Crippen LogP contribution in [0.1, 0.15) is 28.9 Å². The zero-order valence-electron chi connectivity index (χ0n) is 22.3. The number of carboxylic acids is 2. The third-order valence-corrected chi connectivity index (χ3v) is 5.88. The minimum absolute atomic E-state index is 0.0524. The van der Waals surface area contributed by atoms with Crippen LogP contribution in [0.25, 0.3) is 22.1 Å². The van der Waals surface area contributed by atoms with Crippen LogP contribution < -0.4 is 27.6 Å². The van der Waals surface area contributed by atoms with Gasteiger partial charge in [0.1, 0.15) is 6.04 Å². The summed E-state index contributed by atoms with van der Waals surface area (Å²) in [5.74, 6) is -3.16. The third kappa shape index (κ3) is 8.16. The number of aromatic nitrogens is 6. The molecule has 0 aliphatic rings. The average Bonchev–Trinajstić information content (AvgIpc) is 2.98. The highest BCUT2D eigenvalue weighted by Crippen LogP contribution is 2.12. The van der Waals surface area contributed by atoms with Crippen molar-refractivity contribution in [3.63, 3.8) is 0 Å². The van der Waals surface area contributed by atoms with Crippen molar-refractivity contribution in [1.29, 1.82) is 0 Å². The normalized spacial score (nSPS) is 11.3. The molecule has 8 N–H and O–H groups in total. The first kappa shape index (κ1) is 29.8. The second-order valence-corrected chi connectivity index (χ2v) is 8.99. The standard InChI is InChI=1S/C19H19N7O6.C8H6N2O/c20-19-25-15-14(17(30)26-19)23-11(8-22-15)7-21-10-3-1-9(2-4-10)16(29)24-12(18(31)32)5-6-13(27)28;11-8-9-5-6-3-1-2-4-7(6)10-8/h1-4,8,12,21H,5-7H2,(H,24,29)(H,27,28)(H,31,32)(H3,20,22,25,26,30);1-5H,(H,9,10,11). The van der Waals surface area contributed by atoms with Crippen molar-refractivity contribution in [1.82, 2.24) is 35.2 Å². The number of carbonyl (C=O) groups excluding carboxylic acids is 1. The number of nitrogens with one attached hydrogen (secondary N) is 4. The van der Waals surface area contributed by atoms with Crippen molar-refractivity contribution in [3.8, 4) is 0 Å². The molecule has 2 aromatic carbocycles. The fourth-order valence-corrected chi connectivity index (χ4v) is 3.75. The van der Waals surface area contributed by atoms with Gasteiger partial charge in [0.05, 0.1) is 24.0 Å². The lowest BCUT2D eigenvalue weighted by Gasteiger charge is -2.14. The molecule has 0 aliphatic carbocycles. The first-order chi connectivity index (χ1) is 20.6. The SMILES string of the molecule is Nc1nc2ncc(CNc3ccc(C(=O)NC(CCC(=O)O)C(=O)O)cc3)nc2c(=O)[nH]1.O=c1ncc2ccccc2[nH]1. The van der Waals surface area contributed by atoms with Gasteiger partial charge in [0.25, 0.3) is 11.5 Å². The molecule has 43 heavy (non-hydrogen) atoms. The summed E-state index contributed by atoms with van der Waals surface area (Å²) in [6.45, 7) is 0.231. The lowest BCUT2D eigenvalue weighted by Crippen LogP contribution is -2.41. The topological polar surface area (TPSA) is 259 Å². The number of carbonyl (C=O) groups is 3. The average molecular weight is 588 g/mol. The van der Waals surface area contributed by atoms with E-state index in [1.807, 2.05) is 24.3 Å². The molecule has 0 fully saturated rings. The van der Waals surface area contributed by atoms with E-state index in [9.17, 15) is 24.0 Å². The Balaban J connectivity index is 0.000000319. The summed E-state index contributed by atoms with van der Waals surface area (Å²) in [5.41, 5.74) is 7.00. The van der Waals surface area contributed by atoms with Crippen LogP contribution in [0.4, 0.5) is 11.6 Å². The predicted octanol–water partition coefficient (Wildman–Crippen LogP) is 0.878. The van der Waals surface area contributed by atoms with Gasteiger partial charge in [-0.1, -0.05) is 18.2 Å². The number of nitrogens with zero attached hydrogens (tertiary/aromatic N) is 4. The molecule has 16 heteroatoms. The summed E-state index contributed by atoms with van der Waals surface area (Å²) in [6.07, 6.45) is 2.40. The van der Waals surface area contributed by atoms with Gasteiger partial charge in [-0.25, -0.2) is 24.5 Å². The maximum absolute atomic E-state index is 12.3. The van der Waals surface area contributed by atoms with Crippen LogP contribution in [0.15, 0.2) is 70.5 Å². The number of nitrogen functional groups attached to an aromatic ring is 1. The van der Waals surface area contributed by atoms with Crippen molar-refractivity contribution in [3.05, 3.63) is 93.0 Å². The van der Waals surface area contributed by atoms with E-state index in [1.165, 1.54) is 18.3 Å². The van der Waals surface area contributed by atoms with Gasteiger partial charge in [-0.15, -0.1) is 0 Å². The Morgan fingerprint density at radius 2 is 1.67 bits per heavy atom. The lowest BCUT2D eigenvalue weighted by atomic mass is 10.1.